The Kier molecular flexibility index (Phi) is 9.39. The van der Waals surface area contributed by atoms with Crippen molar-refractivity contribution in [2.24, 2.45) is 0 Å². The Bertz CT molecular complexity index is 863. The molecule has 1 aromatic rings. The van der Waals surface area contributed by atoms with Gasteiger partial charge in [0.05, 0.1) is 4.90 Å². The van der Waals surface area contributed by atoms with E-state index in [1.165, 1.54) is 4.31 Å². The third-order valence-electron chi connectivity index (χ3n) is 3.47. The quantitative estimate of drug-likeness (QED) is 0.237. The molecule has 0 saturated carbocycles. The first kappa shape index (κ1) is 23.6. The summed E-state index contributed by atoms with van der Waals surface area (Å²) in [6, 6.07) is 9.65. The van der Waals surface area contributed by atoms with E-state index >= 15 is 0 Å². The van der Waals surface area contributed by atoms with Crippen LogP contribution < -0.4 is 0 Å². The van der Waals surface area contributed by atoms with Gasteiger partial charge in [-0.2, -0.15) is 0 Å². The lowest BCUT2D eigenvalue weighted by Gasteiger charge is -2.18. The molecule has 0 N–H and O–H groups in total. The van der Waals surface area contributed by atoms with Crippen LogP contribution in [0.15, 0.2) is 40.2 Å². The first-order chi connectivity index (χ1) is 12.5. The fraction of sp³-hybridized carbons (Fsp3) is 0.429. The zero-order valence-electron chi connectivity index (χ0n) is 16.6. The summed E-state index contributed by atoms with van der Waals surface area (Å²) in [5.74, 6) is 6.20. The number of unbranched alkanes of at least 4 members (excludes halogenated alkanes) is 2. The normalized spacial score (nSPS) is 11.0. The number of benzene rings is 1. The van der Waals surface area contributed by atoms with E-state index in [2.05, 4.69) is 65.6 Å². The fourth-order valence-corrected chi connectivity index (χ4v) is 4.12. The summed E-state index contributed by atoms with van der Waals surface area (Å²) in [7, 11) is -4.98. The molecule has 27 heavy (non-hydrogen) atoms. The van der Waals surface area contributed by atoms with Crippen LogP contribution in [-0.4, -0.2) is 27.3 Å². The number of hydrogen-bond acceptors (Lipinski definition) is 2. The zero-order chi connectivity index (χ0) is 20.5. The fourth-order valence-electron chi connectivity index (χ4n) is 2.03. The smallest absolute Gasteiger partial charge is 0.224 e. The summed E-state index contributed by atoms with van der Waals surface area (Å²) in [6.07, 6.45) is 2.76. The molecule has 0 aliphatic heterocycles. The van der Waals surface area contributed by atoms with Crippen molar-refractivity contribution in [1.82, 2.24) is 4.31 Å². The minimum atomic E-state index is -3.65. The zero-order valence-corrected chi connectivity index (χ0v) is 20.0. The second-order valence-electron chi connectivity index (χ2n) is 7.35. The van der Waals surface area contributed by atoms with Crippen molar-refractivity contribution in [3.8, 4) is 23.4 Å². The molecular formula is C21H28BrNO2SSi. The average molecular weight is 467 g/mol. The molecule has 0 spiro atoms. The van der Waals surface area contributed by atoms with Gasteiger partial charge >= 0.3 is 0 Å². The molecule has 0 heterocycles. The summed E-state index contributed by atoms with van der Waals surface area (Å²) in [5, 5.41) is 0. The van der Waals surface area contributed by atoms with Gasteiger partial charge in [0.15, 0.2) is 0 Å². The second kappa shape index (κ2) is 10.8. The van der Waals surface area contributed by atoms with Crippen LogP contribution in [0.3, 0.4) is 0 Å². The monoisotopic (exact) mass is 465 g/mol. The van der Waals surface area contributed by atoms with E-state index in [9.17, 15) is 8.42 Å². The number of rotatable bonds is 7. The molecule has 0 aliphatic carbocycles. The van der Waals surface area contributed by atoms with Gasteiger partial charge in [0.2, 0.25) is 0 Å². The van der Waals surface area contributed by atoms with Gasteiger partial charge in [-0.3, -0.25) is 0 Å². The van der Waals surface area contributed by atoms with Gasteiger partial charge in [0.25, 0.3) is 10.0 Å². The predicted octanol–water partition coefficient (Wildman–Crippen LogP) is 5.30. The van der Waals surface area contributed by atoms with Crippen LogP contribution in [0.1, 0.15) is 31.2 Å². The molecule has 0 unspecified atom stereocenters. The lowest BCUT2D eigenvalue weighted by atomic mass is 10.2. The van der Waals surface area contributed by atoms with Gasteiger partial charge < -0.3 is 0 Å². The molecule has 0 aromatic heterocycles. The van der Waals surface area contributed by atoms with Gasteiger partial charge in [-0.1, -0.05) is 65.8 Å². The number of aryl methyl sites for hydroxylation is 1. The molecule has 6 heteroatoms. The van der Waals surface area contributed by atoms with Crippen molar-refractivity contribution < 1.29 is 8.42 Å². The summed E-state index contributed by atoms with van der Waals surface area (Å²) in [5.41, 5.74) is 4.34. The SMILES string of the molecule is C=C(Br)CCN(C#CCCCC#C[Si](C)(C)C)S(=O)(=O)c1ccc(C)cc1. The average Bonchev–Trinajstić information content (AvgIpc) is 2.55. The largest absolute Gasteiger partial charge is 0.270 e. The standard InChI is InChI=1S/C21H28BrNO2SSi/c1-19-11-13-21(14-12-19)26(24,25)23(17-15-20(2)22)16-9-7-6-8-10-18-27(3,4)5/h11-14H,2,6-8,15,17H2,1,3-5H3. The van der Waals surface area contributed by atoms with Gasteiger partial charge in [-0.15, -0.1) is 11.5 Å². The molecule has 0 saturated heterocycles. The molecule has 0 atom stereocenters. The molecule has 3 nitrogen and oxygen atoms in total. The number of halogens is 1. The highest BCUT2D eigenvalue weighted by Gasteiger charge is 2.21. The Morgan fingerprint density at radius 1 is 1.15 bits per heavy atom. The van der Waals surface area contributed by atoms with E-state index in [4.69, 9.17) is 0 Å². The van der Waals surface area contributed by atoms with Gasteiger partial charge in [-0.25, -0.2) is 12.7 Å². The van der Waals surface area contributed by atoms with E-state index in [0.29, 0.717) is 12.8 Å². The minimum absolute atomic E-state index is 0.253. The number of sulfonamides is 1. The van der Waals surface area contributed by atoms with Crippen molar-refractivity contribution >= 4 is 34.0 Å². The van der Waals surface area contributed by atoms with Crippen LogP contribution in [-0.2, 0) is 10.0 Å². The van der Waals surface area contributed by atoms with Crippen molar-refractivity contribution in [2.75, 3.05) is 6.54 Å². The second-order valence-corrected chi connectivity index (χ2v) is 15.1. The summed E-state index contributed by atoms with van der Waals surface area (Å²) in [6.45, 7) is 12.6. The molecule has 0 radical (unpaired) electrons. The van der Waals surface area contributed by atoms with E-state index in [1.807, 2.05) is 6.92 Å². The molecule has 0 fully saturated rings. The lowest BCUT2D eigenvalue weighted by Crippen LogP contribution is -2.27. The highest BCUT2D eigenvalue weighted by Crippen LogP contribution is 2.18. The first-order valence-electron chi connectivity index (χ1n) is 8.93. The third kappa shape index (κ3) is 9.33. The van der Waals surface area contributed by atoms with E-state index in [1.54, 1.807) is 24.3 Å². The maximum absolute atomic E-state index is 12.9. The highest BCUT2D eigenvalue weighted by atomic mass is 79.9. The lowest BCUT2D eigenvalue weighted by molar-refractivity contribution is 0.513. The molecule has 0 aliphatic rings. The molecule has 0 amide bonds. The van der Waals surface area contributed by atoms with E-state index in [-0.39, 0.29) is 11.4 Å². The van der Waals surface area contributed by atoms with Gasteiger partial charge in [0, 0.05) is 25.4 Å². The molecule has 146 valence electrons. The number of hydrogen-bond donors (Lipinski definition) is 0. The Labute approximate surface area is 174 Å². The predicted molar refractivity (Wildman–Crippen MR) is 121 cm³/mol. The van der Waals surface area contributed by atoms with Crippen molar-refractivity contribution in [1.29, 1.82) is 0 Å². The molecule has 1 rings (SSSR count). The third-order valence-corrected chi connectivity index (χ3v) is 6.51. The highest BCUT2D eigenvalue weighted by molar-refractivity contribution is 9.11. The maximum Gasteiger partial charge on any atom is 0.270 e. The van der Waals surface area contributed by atoms with Gasteiger partial charge in [-0.05, 0) is 36.4 Å². The van der Waals surface area contributed by atoms with Crippen molar-refractivity contribution in [2.45, 2.75) is 57.1 Å². The molecular weight excluding hydrogens is 438 g/mol. The van der Waals surface area contributed by atoms with Crippen molar-refractivity contribution in [3.63, 3.8) is 0 Å². The van der Waals surface area contributed by atoms with Gasteiger partial charge in [0.1, 0.15) is 8.07 Å². The van der Waals surface area contributed by atoms with Crippen LogP contribution in [0.5, 0.6) is 0 Å². The minimum Gasteiger partial charge on any atom is -0.224 e. The Morgan fingerprint density at radius 3 is 2.30 bits per heavy atom. The first-order valence-corrected chi connectivity index (χ1v) is 14.7. The summed E-state index contributed by atoms with van der Waals surface area (Å²) < 4.78 is 27.8. The van der Waals surface area contributed by atoms with Crippen LogP contribution in [0.25, 0.3) is 0 Å². The topological polar surface area (TPSA) is 37.4 Å². The summed E-state index contributed by atoms with van der Waals surface area (Å²) >= 11 is 3.29. The molecule has 0 bridgehead atoms. The van der Waals surface area contributed by atoms with Crippen LogP contribution in [0.2, 0.25) is 19.6 Å². The Hall–Kier alpha value is -1.47. The van der Waals surface area contributed by atoms with Crippen LogP contribution >= 0.6 is 15.9 Å². The van der Waals surface area contributed by atoms with Crippen LogP contribution in [0.4, 0.5) is 0 Å². The molecule has 1 aromatic carbocycles. The van der Waals surface area contributed by atoms with E-state index in [0.717, 1.165) is 22.9 Å². The maximum atomic E-state index is 12.9. The van der Waals surface area contributed by atoms with Crippen molar-refractivity contribution in [3.05, 3.63) is 40.9 Å². The Balaban J connectivity index is 2.84. The summed E-state index contributed by atoms with van der Waals surface area (Å²) in [4.78, 5) is 0.253. The van der Waals surface area contributed by atoms with Crippen LogP contribution in [0, 0.1) is 30.4 Å². The van der Waals surface area contributed by atoms with E-state index < -0.39 is 18.1 Å². The Morgan fingerprint density at radius 2 is 1.74 bits per heavy atom. The number of nitrogens with zero attached hydrogens (tertiary/aromatic N) is 1.